The summed E-state index contributed by atoms with van der Waals surface area (Å²) in [6.07, 6.45) is 3.57. The van der Waals surface area contributed by atoms with Gasteiger partial charge in [-0.15, -0.1) is 0 Å². The van der Waals surface area contributed by atoms with Crippen molar-refractivity contribution < 1.29 is 4.52 Å². The van der Waals surface area contributed by atoms with Gasteiger partial charge in [-0.25, -0.2) is 9.97 Å². The number of aromatic nitrogens is 3. The summed E-state index contributed by atoms with van der Waals surface area (Å²) in [5.41, 5.74) is 0.877. The molecule has 84 valence electrons. The zero-order valence-corrected chi connectivity index (χ0v) is 11.2. The fourth-order valence-corrected chi connectivity index (χ4v) is 1.59. The maximum absolute atomic E-state index is 5.00. The summed E-state index contributed by atoms with van der Waals surface area (Å²) in [5, 5.41) is 3.93. The van der Waals surface area contributed by atoms with Gasteiger partial charge >= 0.3 is 0 Å². The van der Waals surface area contributed by atoms with E-state index in [2.05, 4.69) is 37.7 Å². The SMILES string of the molecule is Cc1cc(CN(C)c2ncc(I)cn2)no1. The third-order valence-corrected chi connectivity index (χ3v) is 2.58. The minimum atomic E-state index is 0.637. The molecule has 0 aliphatic rings. The molecule has 0 radical (unpaired) electrons. The van der Waals surface area contributed by atoms with Gasteiger partial charge in [-0.05, 0) is 29.5 Å². The first-order valence-corrected chi connectivity index (χ1v) is 5.84. The number of aryl methyl sites for hydroxylation is 1. The molecule has 2 aromatic rings. The van der Waals surface area contributed by atoms with Crippen LogP contribution in [0, 0.1) is 10.5 Å². The van der Waals surface area contributed by atoms with Gasteiger partial charge in [0.2, 0.25) is 5.95 Å². The van der Waals surface area contributed by atoms with E-state index in [0.29, 0.717) is 12.5 Å². The Kier molecular flexibility index (Phi) is 3.37. The number of halogens is 1. The number of hydrogen-bond donors (Lipinski definition) is 0. The zero-order chi connectivity index (χ0) is 11.5. The number of rotatable bonds is 3. The Morgan fingerprint density at radius 1 is 1.38 bits per heavy atom. The Bertz CT molecular complexity index is 468. The third-order valence-electron chi connectivity index (χ3n) is 2.02. The van der Waals surface area contributed by atoms with Crippen molar-refractivity contribution in [3.05, 3.63) is 33.5 Å². The molecule has 16 heavy (non-hydrogen) atoms. The molecule has 0 aliphatic carbocycles. The smallest absolute Gasteiger partial charge is 0.225 e. The Balaban J connectivity index is 2.08. The molecule has 0 N–H and O–H groups in total. The standard InChI is InChI=1S/C10H11IN4O/c1-7-3-9(14-16-7)6-15(2)10-12-4-8(11)5-13-10/h3-5H,6H2,1-2H3. The lowest BCUT2D eigenvalue weighted by Gasteiger charge is -2.14. The van der Waals surface area contributed by atoms with Crippen molar-refractivity contribution in [2.24, 2.45) is 0 Å². The largest absolute Gasteiger partial charge is 0.361 e. The highest BCUT2D eigenvalue weighted by molar-refractivity contribution is 14.1. The molecule has 0 aliphatic heterocycles. The van der Waals surface area contributed by atoms with Gasteiger partial charge < -0.3 is 9.42 Å². The normalized spacial score (nSPS) is 10.4. The van der Waals surface area contributed by atoms with E-state index < -0.39 is 0 Å². The summed E-state index contributed by atoms with van der Waals surface area (Å²) in [5.74, 6) is 1.49. The molecular formula is C10H11IN4O. The Labute approximate surface area is 107 Å². The molecular weight excluding hydrogens is 319 g/mol. The minimum Gasteiger partial charge on any atom is -0.361 e. The lowest BCUT2D eigenvalue weighted by atomic mass is 10.3. The molecule has 0 fully saturated rings. The van der Waals surface area contributed by atoms with Gasteiger partial charge in [0, 0.05) is 29.1 Å². The van der Waals surface area contributed by atoms with Crippen LogP contribution in [0.25, 0.3) is 0 Å². The average Bonchev–Trinajstić information content (AvgIpc) is 2.65. The summed E-state index contributed by atoms with van der Waals surface area (Å²) in [4.78, 5) is 10.4. The van der Waals surface area contributed by atoms with Gasteiger partial charge in [0.15, 0.2) is 0 Å². The maximum atomic E-state index is 5.00. The molecule has 0 saturated carbocycles. The molecule has 2 heterocycles. The van der Waals surface area contributed by atoms with Gasteiger partial charge in [-0.2, -0.15) is 0 Å². The first-order valence-electron chi connectivity index (χ1n) is 4.76. The van der Waals surface area contributed by atoms with Crippen LogP contribution in [0.1, 0.15) is 11.5 Å². The number of anilines is 1. The summed E-state index contributed by atoms with van der Waals surface area (Å²) in [6.45, 7) is 2.51. The van der Waals surface area contributed by atoms with Crippen LogP contribution in [-0.2, 0) is 6.54 Å². The van der Waals surface area contributed by atoms with Crippen molar-refractivity contribution in [2.75, 3.05) is 11.9 Å². The zero-order valence-electron chi connectivity index (χ0n) is 9.01. The molecule has 6 heteroatoms. The van der Waals surface area contributed by atoms with E-state index in [0.717, 1.165) is 15.0 Å². The molecule has 0 unspecified atom stereocenters. The van der Waals surface area contributed by atoms with Crippen LogP contribution in [0.15, 0.2) is 23.0 Å². The van der Waals surface area contributed by atoms with E-state index in [1.54, 1.807) is 12.4 Å². The third kappa shape index (κ3) is 2.69. The van der Waals surface area contributed by atoms with Gasteiger partial charge in [0.25, 0.3) is 0 Å². The summed E-state index contributed by atoms with van der Waals surface area (Å²) < 4.78 is 6.02. The van der Waals surface area contributed by atoms with Gasteiger partial charge in [-0.3, -0.25) is 0 Å². The van der Waals surface area contributed by atoms with E-state index in [9.17, 15) is 0 Å². The molecule has 0 atom stereocenters. The predicted molar refractivity (Wildman–Crippen MR) is 68.1 cm³/mol. The van der Waals surface area contributed by atoms with Crippen LogP contribution in [0.4, 0.5) is 5.95 Å². The summed E-state index contributed by atoms with van der Waals surface area (Å²) >= 11 is 2.18. The maximum Gasteiger partial charge on any atom is 0.225 e. The lowest BCUT2D eigenvalue weighted by molar-refractivity contribution is 0.390. The van der Waals surface area contributed by atoms with Crippen molar-refractivity contribution in [2.45, 2.75) is 13.5 Å². The van der Waals surface area contributed by atoms with E-state index in [1.165, 1.54) is 0 Å². The van der Waals surface area contributed by atoms with Gasteiger partial charge in [0.1, 0.15) is 11.5 Å². The monoisotopic (exact) mass is 330 g/mol. The van der Waals surface area contributed by atoms with Crippen LogP contribution < -0.4 is 4.90 Å². The van der Waals surface area contributed by atoms with Crippen molar-refractivity contribution in [1.82, 2.24) is 15.1 Å². The molecule has 0 saturated heterocycles. The van der Waals surface area contributed by atoms with E-state index in [4.69, 9.17) is 4.52 Å². The van der Waals surface area contributed by atoms with Crippen molar-refractivity contribution in [3.8, 4) is 0 Å². The minimum absolute atomic E-state index is 0.637. The van der Waals surface area contributed by atoms with Crippen LogP contribution in [-0.4, -0.2) is 22.2 Å². The highest BCUT2D eigenvalue weighted by Gasteiger charge is 2.07. The van der Waals surface area contributed by atoms with E-state index in [1.807, 2.05) is 24.9 Å². The van der Waals surface area contributed by atoms with Gasteiger partial charge in [-0.1, -0.05) is 5.16 Å². The van der Waals surface area contributed by atoms with Crippen molar-refractivity contribution in [3.63, 3.8) is 0 Å². The van der Waals surface area contributed by atoms with Crippen LogP contribution in [0.5, 0.6) is 0 Å². The Morgan fingerprint density at radius 2 is 2.06 bits per heavy atom. The number of nitrogens with zero attached hydrogens (tertiary/aromatic N) is 4. The molecule has 5 nitrogen and oxygen atoms in total. The number of hydrogen-bond acceptors (Lipinski definition) is 5. The van der Waals surface area contributed by atoms with Crippen LogP contribution in [0.3, 0.4) is 0 Å². The van der Waals surface area contributed by atoms with Crippen LogP contribution in [0.2, 0.25) is 0 Å². The fraction of sp³-hybridized carbons (Fsp3) is 0.300. The molecule has 0 aromatic carbocycles. The molecule has 0 amide bonds. The van der Waals surface area contributed by atoms with Crippen LogP contribution >= 0.6 is 22.6 Å². The van der Waals surface area contributed by atoms with Gasteiger partial charge in [0.05, 0.1) is 6.54 Å². The molecule has 2 rings (SSSR count). The Hall–Kier alpha value is -1.18. The highest BCUT2D eigenvalue weighted by atomic mass is 127. The second-order valence-electron chi connectivity index (χ2n) is 3.49. The van der Waals surface area contributed by atoms with E-state index >= 15 is 0 Å². The first kappa shape index (κ1) is 11.3. The molecule has 0 bridgehead atoms. The van der Waals surface area contributed by atoms with Crippen molar-refractivity contribution >= 4 is 28.5 Å². The predicted octanol–water partition coefficient (Wildman–Crippen LogP) is 2.01. The second kappa shape index (κ2) is 4.77. The first-order chi connectivity index (χ1) is 7.65. The molecule has 2 aromatic heterocycles. The average molecular weight is 330 g/mol. The lowest BCUT2D eigenvalue weighted by Crippen LogP contribution is -2.19. The highest BCUT2D eigenvalue weighted by Crippen LogP contribution is 2.10. The quantitative estimate of drug-likeness (QED) is 0.806. The topological polar surface area (TPSA) is 55.1 Å². The Morgan fingerprint density at radius 3 is 2.62 bits per heavy atom. The summed E-state index contributed by atoms with van der Waals surface area (Å²) in [6, 6.07) is 1.91. The van der Waals surface area contributed by atoms with E-state index in [-0.39, 0.29) is 0 Å². The van der Waals surface area contributed by atoms with Crippen molar-refractivity contribution in [1.29, 1.82) is 0 Å². The fourth-order valence-electron chi connectivity index (χ4n) is 1.31. The second-order valence-corrected chi connectivity index (χ2v) is 4.73. The summed E-state index contributed by atoms with van der Waals surface area (Å²) in [7, 11) is 1.92. The molecule has 0 spiro atoms.